The molecule has 0 bridgehead atoms. The number of methoxy groups -OCH3 is 4. The fraction of sp³-hybridized carbons (Fsp3) is 0.273. The number of allylic oxidation sites excluding steroid dienone is 3. The summed E-state index contributed by atoms with van der Waals surface area (Å²) in [4.78, 5) is 27.8. The number of Topliss-reactive ketones (excluding diaryl/α,β-unsaturated/α-hetero) is 1. The average Bonchev–Trinajstić information content (AvgIpc) is 3.00. The number of rotatable bonds is 8. The van der Waals surface area contributed by atoms with Gasteiger partial charge >= 0.3 is 0 Å². The highest BCUT2D eigenvalue weighted by Gasteiger charge is 2.41. The number of aromatic hydroxyl groups is 1. The highest BCUT2D eigenvalue weighted by atomic mass is 16.5. The zero-order valence-electron chi connectivity index (χ0n) is 24.2. The third-order valence-electron chi connectivity index (χ3n) is 7.84. The van der Waals surface area contributed by atoms with E-state index in [1.54, 1.807) is 63.8 Å². The predicted octanol–water partition coefficient (Wildman–Crippen LogP) is 5.43. The van der Waals surface area contributed by atoms with Gasteiger partial charge in [-0.15, -0.1) is 0 Å². The van der Waals surface area contributed by atoms with Crippen LogP contribution in [0.15, 0.2) is 83.2 Å². The van der Waals surface area contributed by atoms with Crippen LogP contribution in [0.4, 0.5) is 5.69 Å². The summed E-state index contributed by atoms with van der Waals surface area (Å²) in [5.74, 6) is 0.874. The Hall–Kier alpha value is -4.92. The maximum Gasteiger partial charge on any atom is 0.254 e. The van der Waals surface area contributed by atoms with Crippen LogP contribution in [0.25, 0.3) is 0 Å². The molecular formula is C33H34N2O7. The van der Waals surface area contributed by atoms with Crippen LogP contribution in [0.1, 0.15) is 42.7 Å². The molecule has 1 aliphatic heterocycles. The molecule has 9 heteroatoms. The zero-order chi connectivity index (χ0) is 30.0. The van der Waals surface area contributed by atoms with Gasteiger partial charge in [0.1, 0.15) is 5.75 Å². The van der Waals surface area contributed by atoms with Gasteiger partial charge in [0, 0.05) is 40.6 Å². The highest BCUT2D eigenvalue weighted by Crippen LogP contribution is 2.47. The van der Waals surface area contributed by atoms with Gasteiger partial charge in [0.05, 0.1) is 28.4 Å². The summed E-state index contributed by atoms with van der Waals surface area (Å²) in [6, 6.07) is 17.7. The number of carbonyl (C=O) groups excluding carboxylic acids is 2. The normalized spacial score (nSPS) is 18.2. The Morgan fingerprint density at radius 1 is 0.833 bits per heavy atom. The van der Waals surface area contributed by atoms with E-state index in [0.717, 1.165) is 11.3 Å². The number of hydrogen-bond acceptors (Lipinski definition) is 8. The maximum atomic E-state index is 14.0. The zero-order valence-corrected chi connectivity index (χ0v) is 24.2. The van der Waals surface area contributed by atoms with Crippen molar-refractivity contribution < 1.29 is 33.6 Å². The Labute approximate surface area is 244 Å². The van der Waals surface area contributed by atoms with E-state index in [2.05, 4.69) is 10.6 Å². The van der Waals surface area contributed by atoms with Gasteiger partial charge in [-0.2, -0.15) is 0 Å². The Morgan fingerprint density at radius 3 is 2.14 bits per heavy atom. The van der Waals surface area contributed by atoms with Crippen molar-refractivity contribution in [3.05, 3.63) is 94.3 Å². The molecule has 0 spiro atoms. The molecule has 42 heavy (non-hydrogen) atoms. The Bertz CT molecular complexity index is 1590. The molecule has 1 heterocycles. The summed E-state index contributed by atoms with van der Waals surface area (Å²) in [7, 11) is 6.21. The topological polar surface area (TPSA) is 115 Å². The summed E-state index contributed by atoms with van der Waals surface area (Å²) in [5.41, 5.74) is 4.44. The lowest BCUT2D eigenvalue weighted by molar-refractivity contribution is -0.116. The molecule has 9 nitrogen and oxygen atoms in total. The number of anilines is 1. The molecule has 3 aromatic carbocycles. The molecule has 3 N–H and O–H groups in total. The van der Waals surface area contributed by atoms with E-state index in [1.165, 1.54) is 7.11 Å². The van der Waals surface area contributed by atoms with E-state index in [-0.39, 0.29) is 29.8 Å². The van der Waals surface area contributed by atoms with Crippen molar-refractivity contribution >= 4 is 17.4 Å². The quantitative estimate of drug-likeness (QED) is 0.329. The first-order valence-electron chi connectivity index (χ1n) is 13.6. The van der Waals surface area contributed by atoms with Crippen LogP contribution in [0.2, 0.25) is 0 Å². The van der Waals surface area contributed by atoms with Crippen molar-refractivity contribution in [2.75, 3.05) is 33.8 Å². The second-order valence-corrected chi connectivity index (χ2v) is 10.2. The van der Waals surface area contributed by atoms with Crippen molar-refractivity contribution in [2.24, 2.45) is 0 Å². The number of amides is 1. The van der Waals surface area contributed by atoms with E-state index in [1.807, 2.05) is 25.1 Å². The van der Waals surface area contributed by atoms with Crippen LogP contribution in [0.3, 0.4) is 0 Å². The van der Waals surface area contributed by atoms with Gasteiger partial charge in [0.15, 0.2) is 28.8 Å². The van der Waals surface area contributed by atoms with Crippen LogP contribution in [0.5, 0.6) is 28.7 Å². The Morgan fingerprint density at radius 2 is 1.50 bits per heavy atom. The number of carbonyl (C=O) groups is 2. The predicted molar refractivity (Wildman–Crippen MR) is 158 cm³/mol. The number of ether oxygens (including phenoxy) is 4. The van der Waals surface area contributed by atoms with Crippen LogP contribution < -0.4 is 29.6 Å². The van der Waals surface area contributed by atoms with Crippen LogP contribution in [-0.4, -0.2) is 45.2 Å². The second-order valence-electron chi connectivity index (χ2n) is 10.2. The van der Waals surface area contributed by atoms with Gasteiger partial charge in [0.2, 0.25) is 0 Å². The smallest absolute Gasteiger partial charge is 0.254 e. The van der Waals surface area contributed by atoms with Crippen molar-refractivity contribution in [1.82, 2.24) is 5.32 Å². The van der Waals surface area contributed by atoms with E-state index in [4.69, 9.17) is 18.9 Å². The fourth-order valence-electron chi connectivity index (χ4n) is 5.78. The summed E-state index contributed by atoms with van der Waals surface area (Å²) < 4.78 is 21.3. The van der Waals surface area contributed by atoms with E-state index in [0.29, 0.717) is 57.5 Å². The number of phenols is 1. The van der Waals surface area contributed by atoms with Gasteiger partial charge < -0.3 is 34.7 Å². The Balaban J connectivity index is 1.55. The molecule has 1 amide bonds. The van der Waals surface area contributed by atoms with E-state index < -0.39 is 5.92 Å². The molecule has 0 radical (unpaired) electrons. The van der Waals surface area contributed by atoms with Crippen LogP contribution >= 0.6 is 0 Å². The molecule has 2 atom stereocenters. The summed E-state index contributed by atoms with van der Waals surface area (Å²) >= 11 is 0. The SMILES string of the molecule is COc1ccc(NC(=O)C2=C(C)NC3=C(C(=O)C[C@@H](c4ccc(OC)c(OC)c4)C3)[C@@H]2c2ccc(OC)c(O)c2)cc1. The summed E-state index contributed by atoms with van der Waals surface area (Å²) in [6.07, 6.45) is 0.807. The van der Waals surface area contributed by atoms with Crippen molar-refractivity contribution in [3.63, 3.8) is 0 Å². The third kappa shape index (κ3) is 5.37. The molecule has 0 saturated heterocycles. The summed E-state index contributed by atoms with van der Waals surface area (Å²) in [6.45, 7) is 1.83. The number of phenolic OH excluding ortho intramolecular Hbond substituents is 1. The van der Waals surface area contributed by atoms with E-state index >= 15 is 0 Å². The fourth-order valence-corrected chi connectivity index (χ4v) is 5.78. The van der Waals surface area contributed by atoms with Gasteiger partial charge in [-0.25, -0.2) is 0 Å². The van der Waals surface area contributed by atoms with Crippen LogP contribution in [0, 0.1) is 0 Å². The second kappa shape index (κ2) is 11.9. The van der Waals surface area contributed by atoms with Gasteiger partial charge in [-0.3, -0.25) is 9.59 Å². The number of benzene rings is 3. The lowest BCUT2D eigenvalue weighted by atomic mass is 9.71. The Kier molecular flexibility index (Phi) is 8.10. The van der Waals surface area contributed by atoms with Crippen molar-refractivity contribution in [3.8, 4) is 28.7 Å². The molecule has 3 aromatic rings. The van der Waals surface area contributed by atoms with Crippen LogP contribution in [-0.2, 0) is 9.59 Å². The number of hydrogen-bond donors (Lipinski definition) is 3. The minimum absolute atomic E-state index is 0.0743. The van der Waals surface area contributed by atoms with Crippen molar-refractivity contribution in [1.29, 1.82) is 0 Å². The molecule has 0 aromatic heterocycles. The molecule has 5 rings (SSSR count). The lowest BCUT2D eigenvalue weighted by Crippen LogP contribution is -2.37. The molecular weight excluding hydrogens is 536 g/mol. The highest BCUT2D eigenvalue weighted by molar-refractivity contribution is 6.10. The van der Waals surface area contributed by atoms with Gasteiger partial charge in [-0.05, 0) is 78.9 Å². The first-order valence-corrected chi connectivity index (χ1v) is 13.6. The third-order valence-corrected chi connectivity index (χ3v) is 7.84. The first-order chi connectivity index (χ1) is 20.3. The molecule has 218 valence electrons. The number of dihydropyridines is 1. The van der Waals surface area contributed by atoms with Gasteiger partial charge in [-0.1, -0.05) is 12.1 Å². The molecule has 2 aliphatic rings. The van der Waals surface area contributed by atoms with E-state index in [9.17, 15) is 14.7 Å². The summed E-state index contributed by atoms with van der Waals surface area (Å²) in [5, 5.41) is 17.0. The van der Waals surface area contributed by atoms with Gasteiger partial charge in [0.25, 0.3) is 5.91 Å². The minimum Gasteiger partial charge on any atom is -0.504 e. The van der Waals surface area contributed by atoms with Crippen molar-refractivity contribution in [2.45, 2.75) is 31.6 Å². The first kappa shape index (κ1) is 28.6. The number of nitrogens with one attached hydrogen (secondary N) is 2. The molecule has 0 fully saturated rings. The standard InChI is InChI=1S/C33H34N2O7/c1-18-30(33(38)35-22-8-10-23(39-2)11-9-22)31(20-7-12-27(40-3)25(36)15-20)32-24(34-18)14-21(16-26(32)37)19-6-13-28(41-4)29(17-19)42-5/h6-13,15,17,21,31,34,36H,14,16H2,1-5H3,(H,35,38)/t21-,31+/m0/s1. The average molecular weight is 571 g/mol. The monoisotopic (exact) mass is 570 g/mol. The minimum atomic E-state index is -0.699. The molecule has 0 saturated carbocycles. The molecule has 0 unspecified atom stereocenters. The lowest BCUT2D eigenvalue weighted by Gasteiger charge is -2.37. The number of ketones is 1. The largest absolute Gasteiger partial charge is 0.504 e. The maximum absolute atomic E-state index is 14.0. The molecule has 1 aliphatic carbocycles.